The Balaban J connectivity index is 2.02. The lowest BCUT2D eigenvalue weighted by molar-refractivity contribution is 0.659. The Bertz CT molecular complexity index is 458. The van der Waals surface area contributed by atoms with E-state index in [1.807, 2.05) is 0 Å². The lowest BCUT2D eigenvalue weighted by atomic mass is 10.1. The van der Waals surface area contributed by atoms with E-state index >= 15 is 0 Å². The van der Waals surface area contributed by atoms with Gasteiger partial charge >= 0.3 is 0 Å². The minimum Gasteiger partial charge on any atom is -0.269 e. The van der Waals surface area contributed by atoms with E-state index in [1.165, 1.54) is 29.7 Å². The van der Waals surface area contributed by atoms with Gasteiger partial charge in [0.15, 0.2) is 0 Å². The fraction of sp³-hybridized carbons (Fsp3) is 0.308. The van der Waals surface area contributed by atoms with Crippen molar-refractivity contribution in [2.24, 2.45) is 0 Å². The van der Waals surface area contributed by atoms with Crippen molar-refractivity contribution in [1.29, 1.82) is 0 Å². The summed E-state index contributed by atoms with van der Waals surface area (Å²) in [5.41, 5.74) is 5.02. The third-order valence-corrected chi connectivity index (χ3v) is 3.01. The average molecular weight is 198 g/mol. The quantitative estimate of drug-likeness (QED) is 0.689. The predicted molar refractivity (Wildman–Crippen MR) is 60.7 cm³/mol. The Hall–Kier alpha value is -1.57. The second kappa shape index (κ2) is 3.23. The highest BCUT2D eigenvalue weighted by atomic mass is 15.3. The zero-order valence-electron chi connectivity index (χ0n) is 8.90. The van der Waals surface area contributed by atoms with Gasteiger partial charge < -0.3 is 0 Å². The van der Waals surface area contributed by atoms with Crippen LogP contribution in [0.5, 0.6) is 0 Å². The van der Waals surface area contributed by atoms with Crippen LogP contribution in [0.2, 0.25) is 0 Å². The maximum atomic E-state index is 4.61. The Morgan fingerprint density at radius 1 is 1.20 bits per heavy atom. The molecular formula is C13H14N2. The van der Waals surface area contributed by atoms with Crippen LogP contribution in [0.4, 0.5) is 0 Å². The van der Waals surface area contributed by atoms with Crippen molar-refractivity contribution in [3.8, 4) is 11.3 Å². The zero-order chi connectivity index (χ0) is 10.3. The molecule has 0 amide bonds. The van der Waals surface area contributed by atoms with Gasteiger partial charge in [-0.25, -0.2) is 0 Å². The molecule has 0 bridgehead atoms. The van der Waals surface area contributed by atoms with E-state index < -0.39 is 0 Å². The summed E-state index contributed by atoms with van der Waals surface area (Å²) in [6.07, 6.45) is 2.43. The number of nitrogens with zero attached hydrogens (tertiary/aromatic N) is 2. The highest BCUT2D eigenvalue weighted by Crippen LogP contribution is 2.23. The smallest absolute Gasteiger partial charge is 0.0926 e. The van der Waals surface area contributed by atoms with E-state index in [0.29, 0.717) is 0 Å². The SMILES string of the molecule is Cc1ccc(-c2cc3n(n2)CCC3)cc1. The molecule has 0 spiro atoms. The maximum Gasteiger partial charge on any atom is 0.0926 e. The molecule has 1 aromatic carbocycles. The predicted octanol–water partition coefficient (Wildman–Crippen LogP) is 2.80. The summed E-state index contributed by atoms with van der Waals surface area (Å²) in [4.78, 5) is 0. The molecular weight excluding hydrogens is 184 g/mol. The Kier molecular flexibility index (Phi) is 1.88. The van der Waals surface area contributed by atoms with Gasteiger partial charge in [0.2, 0.25) is 0 Å². The molecule has 0 radical (unpaired) electrons. The Morgan fingerprint density at radius 3 is 2.73 bits per heavy atom. The summed E-state index contributed by atoms with van der Waals surface area (Å²) in [6, 6.07) is 10.8. The third-order valence-electron chi connectivity index (χ3n) is 3.01. The maximum absolute atomic E-state index is 4.61. The minimum absolute atomic E-state index is 1.08. The average Bonchev–Trinajstić information content (AvgIpc) is 2.78. The van der Waals surface area contributed by atoms with Crippen LogP contribution in [-0.2, 0) is 13.0 Å². The molecule has 2 nitrogen and oxygen atoms in total. The molecule has 1 aromatic heterocycles. The Morgan fingerprint density at radius 2 is 2.00 bits per heavy atom. The highest BCUT2D eigenvalue weighted by Gasteiger charge is 2.13. The van der Waals surface area contributed by atoms with Crippen molar-refractivity contribution in [3.63, 3.8) is 0 Å². The first-order valence-corrected chi connectivity index (χ1v) is 5.47. The first-order chi connectivity index (χ1) is 7.33. The van der Waals surface area contributed by atoms with E-state index in [-0.39, 0.29) is 0 Å². The van der Waals surface area contributed by atoms with Gasteiger partial charge in [-0.05, 0) is 25.8 Å². The van der Waals surface area contributed by atoms with Crippen LogP contribution in [0.1, 0.15) is 17.7 Å². The second-order valence-corrected chi connectivity index (χ2v) is 4.21. The number of aromatic nitrogens is 2. The first kappa shape index (κ1) is 8.72. The summed E-state index contributed by atoms with van der Waals surface area (Å²) in [6.45, 7) is 3.19. The molecule has 0 saturated carbocycles. The molecule has 0 N–H and O–H groups in total. The van der Waals surface area contributed by atoms with Crippen molar-refractivity contribution in [2.75, 3.05) is 0 Å². The fourth-order valence-corrected chi connectivity index (χ4v) is 2.13. The van der Waals surface area contributed by atoms with Crippen LogP contribution < -0.4 is 0 Å². The number of fused-ring (bicyclic) bond motifs is 1. The molecule has 0 saturated heterocycles. The number of hydrogen-bond acceptors (Lipinski definition) is 1. The molecule has 3 rings (SSSR count). The van der Waals surface area contributed by atoms with Gasteiger partial charge in [-0.3, -0.25) is 4.68 Å². The third kappa shape index (κ3) is 1.46. The van der Waals surface area contributed by atoms with Gasteiger partial charge in [0.1, 0.15) is 0 Å². The summed E-state index contributed by atoms with van der Waals surface area (Å²) in [5, 5.41) is 4.61. The van der Waals surface area contributed by atoms with Crippen molar-refractivity contribution in [3.05, 3.63) is 41.6 Å². The zero-order valence-corrected chi connectivity index (χ0v) is 8.90. The number of hydrogen-bond donors (Lipinski definition) is 0. The van der Waals surface area contributed by atoms with Gasteiger partial charge in [-0.15, -0.1) is 0 Å². The van der Waals surface area contributed by atoms with Crippen molar-refractivity contribution >= 4 is 0 Å². The number of aryl methyl sites for hydroxylation is 3. The van der Waals surface area contributed by atoms with Gasteiger partial charge in [-0.1, -0.05) is 29.8 Å². The molecule has 0 unspecified atom stereocenters. The molecule has 76 valence electrons. The molecule has 1 aliphatic heterocycles. The molecule has 0 fully saturated rings. The van der Waals surface area contributed by atoms with E-state index in [9.17, 15) is 0 Å². The van der Waals surface area contributed by atoms with E-state index in [2.05, 4.69) is 47.0 Å². The largest absolute Gasteiger partial charge is 0.269 e. The van der Waals surface area contributed by atoms with Gasteiger partial charge in [-0.2, -0.15) is 5.10 Å². The first-order valence-electron chi connectivity index (χ1n) is 5.47. The van der Waals surface area contributed by atoms with Gasteiger partial charge in [0.05, 0.1) is 5.69 Å². The van der Waals surface area contributed by atoms with Crippen LogP contribution in [0.3, 0.4) is 0 Å². The second-order valence-electron chi connectivity index (χ2n) is 4.21. The number of benzene rings is 1. The molecule has 0 aliphatic carbocycles. The Labute approximate surface area is 89.5 Å². The number of rotatable bonds is 1. The lowest BCUT2D eigenvalue weighted by Gasteiger charge is -1.97. The van der Waals surface area contributed by atoms with Crippen LogP contribution >= 0.6 is 0 Å². The molecule has 2 aromatic rings. The molecule has 1 aliphatic rings. The standard InChI is InChI=1S/C13H14N2/c1-10-4-6-11(7-5-10)13-9-12-3-2-8-15(12)14-13/h4-7,9H,2-3,8H2,1H3. The summed E-state index contributed by atoms with van der Waals surface area (Å²) < 4.78 is 2.13. The summed E-state index contributed by atoms with van der Waals surface area (Å²) in [7, 11) is 0. The van der Waals surface area contributed by atoms with E-state index in [1.54, 1.807) is 0 Å². The summed E-state index contributed by atoms with van der Waals surface area (Å²) >= 11 is 0. The van der Waals surface area contributed by atoms with E-state index in [4.69, 9.17) is 0 Å². The van der Waals surface area contributed by atoms with Gasteiger partial charge in [0, 0.05) is 17.8 Å². The normalized spacial score (nSPS) is 14.2. The monoisotopic (exact) mass is 198 g/mol. The van der Waals surface area contributed by atoms with Crippen molar-refractivity contribution < 1.29 is 0 Å². The van der Waals surface area contributed by atoms with Crippen molar-refractivity contribution in [1.82, 2.24) is 9.78 Å². The molecule has 0 atom stereocenters. The molecule has 2 heterocycles. The fourth-order valence-electron chi connectivity index (χ4n) is 2.13. The van der Waals surface area contributed by atoms with E-state index in [0.717, 1.165) is 12.2 Å². The van der Waals surface area contributed by atoms with Gasteiger partial charge in [0.25, 0.3) is 0 Å². The minimum atomic E-state index is 1.08. The highest BCUT2D eigenvalue weighted by molar-refractivity contribution is 5.59. The molecule has 15 heavy (non-hydrogen) atoms. The van der Waals surface area contributed by atoms with Crippen LogP contribution in [0, 0.1) is 6.92 Å². The van der Waals surface area contributed by atoms with Crippen LogP contribution in [0.25, 0.3) is 11.3 Å². The van der Waals surface area contributed by atoms with Crippen molar-refractivity contribution in [2.45, 2.75) is 26.3 Å². The summed E-state index contributed by atoms with van der Waals surface area (Å²) in [5.74, 6) is 0. The van der Waals surface area contributed by atoms with Crippen LogP contribution in [-0.4, -0.2) is 9.78 Å². The lowest BCUT2D eigenvalue weighted by Crippen LogP contribution is -1.94. The topological polar surface area (TPSA) is 17.8 Å². The molecule has 2 heteroatoms. The van der Waals surface area contributed by atoms with Crippen LogP contribution in [0.15, 0.2) is 30.3 Å².